The molecule has 0 aliphatic heterocycles. The van der Waals surface area contributed by atoms with E-state index in [4.69, 9.17) is 9.97 Å². The molecule has 0 atom stereocenters. The molecule has 7 aromatic carbocycles. The van der Waals surface area contributed by atoms with E-state index < -0.39 is 0 Å². The van der Waals surface area contributed by atoms with Crippen molar-refractivity contribution in [2.75, 3.05) is 0 Å². The second-order valence-corrected chi connectivity index (χ2v) is 12.1. The van der Waals surface area contributed by atoms with Crippen LogP contribution >= 0.6 is 0 Å². The molecule has 0 aliphatic rings. The Hall–Kier alpha value is -6.77. The van der Waals surface area contributed by atoms with Gasteiger partial charge in [0.2, 0.25) is 5.95 Å². The average molecular weight is 612 g/mol. The molecule has 0 saturated carbocycles. The van der Waals surface area contributed by atoms with Crippen LogP contribution in [0, 0.1) is 11.3 Å². The monoisotopic (exact) mass is 611 g/mol. The Morgan fingerprint density at radius 3 is 2.06 bits per heavy atom. The van der Waals surface area contributed by atoms with E-state index in [2.05, 4.69) is 137 Å². The maximum absolute atomic E-state index is 10.0. The van der Waals surface area contributed by atoms with Crippen molar-refractivity contribution in [3.63, 3.8) is 0 Å². The molecule has 5 heteroatoms. The molecule has 0 fully saturated rings. The molecule has 0 bridgehead atoms. The number of para-hydroxylation sites is 3. The first-order valence-electron chi connectivity index (χ1n) is 16.0. The van der Waals surface area contributed by atoms with E-state index in [0.29, 0.717) is 11.6 Å². The fraction of sp³-hybridized carbons (Fsp3) is 0. The normalized spacial score (nSPS) is 11.7. The Morgan fingerprint density at radius 1 is 0.479 bits per heavy atom. The highest BCUT2D eigenvalue weighted by Crippen LogP contribution is 2.42. The molecule has 222 valence electrons. The maximum atomic E-state index is 10.0. The highest BCUT2D eigenvalue weighted by Gasteiger charge is 2.20. The number of hydrogen-bond donors (Lipinski definition) is 0. The first-order valence-corrected chi connectivity index (χ1v) is 16.0. The van der Waals surface area contributed by atoms with Gasteiger partial charge in [0.15, 0.2) is 5.69 Å². The van der Waals surface area contributed by atoms with Gasteiger partial charge in [-0.2, -0.15) is 5.26 Å². The summed E-state index contributed by atoms with van der Waals surface area (Å²) in [5.74, 6) is 0.486. The average Bonchev–Trinajstić information content (AvgIpc) is 3.67. The maximum Gasteiger partial charge on any atom is 0.236 e. The molecule has 0 radical (unpaired) electrons. The van der Waals surface area contributed by atoms with Crippen LogP contribution in [0.2, 0.25) is 0 Å². The van der Waals surface area contributed by atoms with E-state index in [1.807, 2.05) is 30.3 Å². The van der Waals surface area contributed by atoms with Crippen molar-refractivity contribution in [1.82, 2.24) is 19.1 Å². The third kappa shape index (κ3) is 3.72. The lowest BCUT2D eigenvalue weighted by molar-refractivity contribution is 1.00. The number of aromatic nitrogens is 4. The lowest BCUT2D eigenvalue weighted by Gasteiger charge is -2.10. The van der Waals surface area contributed by atoms with Crippen molar-refractivity contribution in [3.8, 4) is 28.8 Å². The molecule has 10 rings (SSSR count). The number of fused-ring (bicyclic) bond motifs is 9. The standard InChI is InChI=1S/C43H25N5/c44-26-36-32-15-6-8-18-35(32)45-43(46-36)48-37-19-9-7-16-33(37)42-31(17-10-20-38(42)48)28-21-23-34-40(25-28)47(29-12-2-1-3-13-29)39-24-22-27-11-4-5-14-30(27)41(34)39/h1-25H. The minimum Gasteiger partial charge on any atom is -0.309 e. The van der Waals surface area contributed by atoms with E-state index in [9.17, 15) is 5.26 Å². The molecule has 0 amide bonds. The second-order valence-electron chi connectivity index (χ2n) is 12.1. The van der Waals surface area contributed by atoms with Gasteiger partial charge in [-0.25, -0.2) is 9.97 Å². The number of nitriles is 1. The number of rotatable bonds is 3. The van der Waals surface area contributed by atoms with Crippen LogP contribution in [0.5, 0.6) is 0 Å². The van der Waals surface area contributed by atoms with Crippen LogP contribution in [-0.2, 0) is 0 Å². The zero-order valence-corrected chi connectivity index (χ0v) is 25.7. The topological polar surface area (TPSA) is 59.4 Å². The molecule has 0 spiro atoms. The Bertz CT molecular complexity index is 2960. The van der Waals surface area contributed by atoms with Crippen molar-refractivity contribution >= 4 is 65.3 Å². The van der Waals surface area contributed by atoms with E-state index in [0.717, 1.165) is 55.0 Å². The zero-order valence-electron chi connectivity index (χ0n) is 25.7. The van der Waals surface area contributed by atoms with Crippen molar-refractivity contribution in [3.05, 3.63) is 157 Å². The summed E-state index contributed by atoms with van der Waals surface area (Å²) in [7, 11) is 0. The van der Waals surface area contributed by atoms with Gasteiger partial charge >= 0.3 is 0 Å². The lowest BCUT2D eigenvalue weighted by Crippen LogP contribution is -2.03. The molecular weight excluding hydrogens is 587 g/mol. The Labute approximate surface area is 275 Å². The highest BCUT2D eigenvalue weighted by molar-refractivity contribution is 6.22. The van der Waals surface area contributed by atoms with Crippen molar-refractivity contribution in [2.45, 2.75) is 0 Å². The van der Waals surface area contributed by atoms with E-state index in [1.54, 1.807) is 0 Å². The molecule has 3 aromatic heterocycles. The summed E-state index contributed by atoms with van der Waals surface area (Å²) < 4.78 is 4.48. The van der Waals surface area contributed by atoms with Gasteiger partial charge in [0.25, 0.3) is 0 Å². The largest absolute Gasteiger partial charge is 0.309 e. The van der Waals surface area contributed by atoms with Crippen LogP contribution in [0.1, 0.15) is 5.69 Å². The summed E-state index contributed by atoms with van der Waals surface area (Å²) in [5.41, 5.74) is 8.80. The predicted octanol–water partition coefficient (Wildman–Crippen LogP) is 10.5. The summed E-state index contributed by atoms with van der Waals surface area (Å²) in [6.45, 7) is 0. The summed E-state index contributed by atoms with van der Waals surface area (Å²) in [5, 5.41) is 18.0. The van der Waals surface area contributed by atoms with Gasteiger partial charge in [0.1, 0.15) is 6.07 Å². The molecule has 0 saturated heterocycles. The minimum atomic E-state index is 0.365. The van der Waals surface area contributed by atoms with Crippen LogP contribution in [-0.4, -0.2) is 19.1 Å². The van der Waals surface area contributed by atoms with Crippen LogP contribution in [0.4, 0.5) is 0 Å². The van der Waals surface area contributed by atoms with Crippen LogP contribution < -0.4 is 0 Å². The van der Waals surface area contributed by atoms with Gasteiger partial charge in [-0.3, -0.25) is 4.57 Å². The number of hydrogen-bond acceptors (Lipinski definition) is 3. The van der Waals surface area contributed by atoms with Gasteiger partial charge < -0.3 is 4.57 Å². The molecule has 5 nitrogen and oxygen atoms in total. The van der Waals surface area contributed by atoms with Gasteiger partial charge in [-0.15, -0.1) is 0 Å². The van der Waals surface area contributed by atoms with Crippen molar-refractivity contribution in [1.29, 1.82) is 5.26 Å². The second kappa shape index (κ2) is 10.1. The number of benzene rings is 7. The highest BCUT2D eigenvalue weighted by atomic mass is 15.2. The van der Waals surface area contributed by atoms with Crippen molar-refractivity contribution < 1.29 is 0 Å². The first kappa shape index (κ1) is 26.4. The molecular formula is C43H25N5. The number of nitrogens with zero attached hydrogens (tertiary/aromatic N) is 5. The SMILES string of the molecule is N#Cc1nc(-n2c3ccccc3c3c(-c4ccc5c6c7ccccc7ccc6n(-c6ccccc6)c5c4)cccc32)nc2ccccc12. The quantitative estimate of drug-likeness (QED) is 0.200. The van der Waals surface area contributed by atoms with Crippen LogP contribution in [0.15, 0.2) is 152 Å². The van der Waals surface area contributed by atoms with Crippen molar-refractivity contribution in [2.24, 2.45) is 0 Å². The van der Waals surface area contributed by atoms with E-state index in [-0.39, 0.29) is 0 Å². The fourth-order valence-corrected chi connectivity index (χ4v) is 7.53. The molecule has 10 aromatic rings. The molecule has 0 unspecified atom stereocenters. The summed E-state index contributed by atoms with van der Waals surface area (Å²) in [4.78, 5) is 9.75. The third-order valence-corrected chi connectivity index (χ3v) is 9.58. The predicted molar refractivity (Wildman–Crippen MR) is 196 cm³/mol. The first-order chi connectivity index (χ1) is 23.8. The minimum absolute atomic E-state index is 0.365. The summed E-state index contributed by atoms with van der Waals surface area (Å²) >= 11 is 0. The summed E-state index contributed by atoms with van der Waals surface area (Å²) in [6.07, 6.45) is 0. The molecule has 3 heterocycles. The van der Waals surface area contributed by atoms with Gasteiger partial charge in [0.05, 0.1) is 27.6 Å². The van der Waals surface area contributed by atoms with E-state index >= 15 is 0 Å². The summed E-state index contributed by atoms with van der Waals surface area (Å²) in [6, 6.07) is 55.4. The molecule has 48 heavy (non-hydrogen) atoms. The Kier molecular flexibility index (Phi) is 5.57. The van der Waals surface area contributed by atoms with Gasteiger partial charge in [0, 0.05) is 32.6 Å². The fourth-order valence-electron chi connectivity index (χ4n) is 7.53. The zero-order chi connectivity index (χ0) is 31.8. The van der Waals surface area contributed by atoms with Crippen LogP contribution in [0.25, 0.3) is 88.0 Å². The smallest absolute Gasteiger partial charge is 0.236 e. The molecule has 0 aliphatic carbocycles. The Morgan fingerprint density at radius 2 is 1.19 bits per heavy atom. The van der Waals surface area contributed by atoms with Gasteiger partial charge in [-0.1, -0.05) is 103 Å². The molecule has 0 N–H and O–H groups in total. The lowest BCUT2D eigenvalue weighted by atomic mass is 9.97. The van der Waals surface area contributed by atoms with Gasteiger partial charge in [-0.05, 0) is 70.4 Å². The third-order valence-electron chi connectivity index (χ3n) is 9.58. The Balaban J connectivity index is 1.28. The van der Waals surface area contributed by atoms with E-state index in [1.165, 1.54) is 27.1 Å². The van der Waals surface area contributed by atoms with Crippen LogP contribution in [0.3, 0.4) is 0 Å².